The number of amides is 1. The number of aryl methyl sites for hydroxylation is 2. The molecule has 42 heavy (non-hydrogen) atoms. The second-order valence-corrected chi connectivity index (χ2v) is 12.9. The Kier molecular flexibility index (Phi) is 7.73. The zero-order valence-electron chi connectivity index (χ0n) is 23.8. The smallest absolute Gasteiger partial charge is 0.281 e. The molecular weight excluding hydrogens is 558 g/mol. The molecule has 2 aliphatic rings. The van der Waals surface area contributed by atoms with Crippen LogP contribution in [0.15, 0.2) is 51.1 Å². The highest BCUT2D eigenvalue weighted by atomic mass is 32.2. The highest BCUT2D eigenvalue weighted by Crippen LogP contribution is 2.27. The topological polar surface area (TPSA) is 142 Å². The molecule has 0 radical (unpaired) electrons. The van der Waals surface area contributed by atoms with E-state index < -0.39 is 15.4 Å². The van der Waals surface area contributed by atoms with Gasteiger partial charge in [0, 0.05) is 64.1 Å². The Balaban J connectivity index is 1.19. The molecule has 0 unspecified atom stereocenters. The van der Waals surface area contributed by atoms with Gasteiger partial charge in [0.1, 0.15) is 0 Å². The number of piperazine rings is 1. The Bertz CT molecular complexity index is 1800. The second-order valence-electron chi connectivity index (χ2n) is 11.1. The minimum absolute atomic E-state index is 0.0338. The van der Waals surface area contributed by atoms with Gasteiger partial charge in [-0.3, -0.25) is 14.5 Å². The molecule has 1 amide bonds. The van der Waals surface area contributed by atoms with Crippen molar-refractivity contribution in [1.29, 1.82) is 0 Å². The number of benzene rings is 2. The molecule has 0 atom stereocenters. The van der Waals surface area contributed by atoms with Crippen molar-refractivity contribution in [3.8, 4) is 0 Å². The molecule has 0 bridgehead atoms. The predicted molar refractivity (Wildman–Crippen MR) is 158 cm³/mol. The summed E-state index contributed by atoms with van der Waals surface area (Å²) in [6.45, 7) is 8.85. The Morgan fingerprint density at radius 2 is 1.83 bits per heavy atom. The number of fused-ring (bicyclic) bond motifs is 3. The highest BCUT2D eigenvalue weighted by Gasteiger charge is 2.28. The van der Waals surface area contributed by atoms with E-state index in [1.165, 1.54) is 4.52 Å². The number of nitrogens with zero attached hydrogens (tertiary/aromatic N) is 5. The van der Waals surface area contributed by atoms with E-state index in [1.54, 1.807) is 31.2 Å². The molecule has 0 aliphatic carbocycles. The van der Waals surface area contributed by atoms with Crippen LogP contribution in [0.2, 0.25) is 0 Å². The first-order chi connectivity index (χ1) is 20.2. The number of aromatic nitrogens is 4. The van der Waals surface area contributed by atoms with Crippen LogP contribution in [0.4, 0.5) is 5.69 Å². The van der Waals surface area contributed by atoms with Crippen LogP contribution >= 0.6 is 0 Å². The first-order valence-corrected chi connectivity index (χ1v) is 15.8. The number of hydrogen-bond acceptors (Lipinski definition) is 9. The predicted octanol–water partition coefficient (Wildman–Crippen LogP) is 1.83. The van der Waals surface area contributed by atoms with E-state index in [-0.39, 0.29) is 27.5 Å². The van der Waals surface area contributed by atoms with Crippen molar-refractivity contribution in [3.05, 3.63) is 57.9 Å². The van der Waals surface area contributed by atoms with Crippen molar-refractivity contribution in [2.24, 2.45) is 0 Å². The van der Waals surface area contributed by atoms with E-state index in [4.69, 9.17) is 4.74 Å². The number of carbonyl (C=O) groups excluding carboxylic acids is 1. The molecule has 2 fully saturated rings. The fourth-order valence-electron chi connectivity index (χ4n) is 5.81. The van der Waals surface area contributed by atoms with E-state index in [9.17, 15) is 18.0 Å². The van der Waals surface area contributed by atoms with Crippen LogP contribution in [0.3, 0.4) is 0 Å². The fourth-order valence-corrected chi connectivity index (χ4v) is 7.29. The summed E-state index contributed by atoms with van der Waals surface area (Å²) in [5.41, 5.74) is 2.41. The van der Waals surface area contributed by atoms with Gasteiger partial charge in [0.25, 0.3) is 5.56 Å². The van der Waals surface area contributed by atoms with Crippen molar-refractivity contribution in [1.82, 2.24) is 30.0 Å². The van der Waals surface area contributed by atoms with Crippen molar-refractivity contribution < 1.29 is 17.9 Å². The largest absolute Gasteiger partial charge is 0.381 e. The van der Waals surface area contributed by atoms with Crippen LogP contribution < -0.4 is 15.8 Å². The van der Waals surface area contributed by atoms with Crippen molar-refractivity contribution in [2.75, 3.05) is 50.8 Å². The van der Waals surface area contributed by atoms with Gasteiger partial charge in [-0.15, -0.1) is 5.10 Å². The zero-order valence-corrected chi connectivity index (χ0v) is 24.6. The summed E-state index contributed by atoms with van der Waals surface area (Å²) in [5, 5.41) is 10.1. The third-order valence-corrected chi connectivity index (χ3v) is 9.99. The molecular formula is C29H35N7O5S. The highest BCUT2D eigenvalue weighted by molar-refractivity contribution is 7.91. The van der Waals surface area contributed by atoms with Gasteiger partial charge < -0.3 is 15.0 Å². The summed E-state index contributed by atoms with van der Waals surface area (Å²) in [6, 6.07) is 10.8. The molecule has 2 aromatic heterocycles. The summed E-state index contributed by atoms with van der Waals surface area (Å²) in [6.07, 6.45) is 2.20. The summed E-state index contributed by atoms with van der Waals surface area (Å²) in [4.78, 5) is 34.1. The maximum atomic E-state index is 13.5. The van der Waals surface area contributed by atoms with Gasteiger partial charge in [0.2, 0.25) is 20.8 Å². The molecule has 2 aromatic carbocycles. The molecule has 0 saturated carbocycles. The minimum Gasteiger partial charge on any atom is -0.381 e. The zero-order chi connectivity index (χ0) is 29.4. The van der Waals surface area contributed by atoms with Crippen LogP contribution in [0.25, 0.3) is 16.6 Å². The SMILES string of the molecule is Cc1ccc(S(=O)(=O)c2n[nH]n3c2nc(=O)c2ccc(N4CCN(CCC(=O)NC5CCOCC5)CC4)cc23)c(C)c1. The van der Waals surface area contributed by atoms with Crippen LogP contribution in [-0.4, -0.2) is 91.0 Å². The van der Waals surface area contributed by atoms with Crippen LogP contribution in [0, 0.1) is 13.8 Å². The van der Waals surface area contributed by atoms with E-state index in [1.807, 2.05) is 19.1 Å². The number of hydrogen-bond donors (Lipinski definition) is 2. The first-order valence-electron chi connectivity index (χ1n) is 14.3. The molecule has 6 rings (SSSR count). The summed E-state index contributed by atoms with van der Waals surface area (Å²) in [7, 11) is -4.03. The molecule has 2 N–H and O–H groups in total. The summed E-state index contributed by atoms with van der Waals surface area (Å²) >= 11 is 0. The normalized spacial score (nSPS) is 17.2. The van der Waals surface area contributed by atoms with E-state index in [2.05, 4.69) is 30.4 Å². The number of H-pyrrole nitrogens is 1. The first kappa shape index (κ1) is 28.3. The monoisotopic (exact) mass is 593 g/mol. The van der Waals surface area contributed by atoms with Gasteiger partial charge >= 0.3 is 0 Å². The Hall–Kier alpha value is -3.81. The lowest BCUT2D eigenvalue weighted by molar-refractivity contribution is -0.122. The van der Waals surface area contributed by atoms with Gasteiger partial charge in [-0.2, -0.15) is 4.98 Å². The Labute approximate surface area is 243 Å². The number of anilines is 1. The standard InChI is InChI=1S/C29H35N7O5S/c1-19-3-6-25(20(2)17-19)42(39,40)29-27-31-28(38)23-5-4-22(18-24(23)36(27)33-32-29)35-13-11-34(12-14-35)10-7-26(37)30-21-8-15-41-16-9-21/h3-6,17-18,21,33H,7-16H2,1-2H3,(H,30,37). The fraction of sp³-hybridized carbons (Fsp3) is 0.448. The van der Waals surface area contributed by atoms with E-state index >= 15 is 0 Å². The average molecular weight is 594 g/mol. The van der Waals surface area contributed by atoms with Gasteiger partial charge in [0.05, 0.1) is 15.8 Å². The molecule has 2 aliphatic heterocycles. The summed E-state index contributed by atoms with van der Waals surface area (Å²) in [5.74, 6) is 0.0837. The number of sulfone groups is 1. The molecule has 0 spiro atoms. The van der Waals surface area contributed by atoms with Gasteiger partial charge in [-0.05, 0) is 56.5 Å². The molecule has 4 aromatic rings. The lowest BCUT2D eigenvalue weighted by Crippen LogP contribution is -2.47. The average Bonchev–Trinajstić information content (AvgIpc) is 3.41. The lowest BCUT2D eigenvalue weighted by atomic mass is 10.1. The van der Waals surface area contributed by atoms with Gasteiger partial charge in [0.15, 0.2) is 5.65 Å². The van der Waals surface area contributed by atoms with E-state index in [0.29, 0.717) is 42.6 Å². The minimum atomic E-state index is -4.03. The molecule has 13 heteroatoms. The molecule has 12 nitrogen and oxygen atoms in total. The maximum absolute atomic E-state index is 13.5. The quantitative estimate of drug-likeness (QED) is 0.328. The van der Waals surface area contributed by atoms with Gasteiger partial charge in [-0.1, -0.05) is 17.7 Å². The Morgan fingerprint density at radius 1 is 1.07 bits per heavy atom. The number of ether oxygens (including phenoxy) is 1. The number of carbonyl (C=O) groups is 1. The van der Waals surface area contributed by atoms with Crippen molar-refractivity contribution >= 4 is 38.0 Å². The van der Waals surface area contributed by atoms with Gasteiger partial charge in [-0.25, -0.2) is 18.1 Å². The summed E-state index contributed by atoms with van der Waals surface area (Å²) < 4.78 is 33.9. The van der Waals surface area contributed by atoms with Crippen LogP contribution in [-0.2, 0) is 19.4 Å². The second kappa shape index (κ2) is 11.5. The van der Waals surface area contributed by atoms with Crippen LogP contribution in [0.1, 0.15) is 30.4 Å². The number of rotatable bonds is 7. The molecule has 4 heterocycles. The molecule has 2 saturated heterocycles. The number of aromatic amines is 1. The third kappa shape index (κ3) is 5.51. The van der Waals surface area contributed by atoms with Crippen molar-refractivity contribution in [2.45, 2.75) is 49.1 Å². The lowest BCUT2D eigenvalue weighted by Gasteiger charge is -2.36. The van der Waals surface area contributed by atoms with Crippen molar-refractivity contribution in [3.63, 3.8) is 0 Å². The van der Waals surface area contributed by atoms with E-state index in [0.717, 1.165) is 50.3 Å². The van der Waals surface area contributed by atoms with Crippen LogP contribution in [0.5, 0.6) is 0 Å². The Morgan fingerprint density at radius 3 is 2.57 bits per heavy atom. The molecule has 222 valence electrons. The third-order valence-electron chi connectivity index (χ3n) is 8.17. The maximum Gasteiger partial charge on any atom is 0.281 e. The number of nitrogens with one attached hydrogen (secondary N) is 2.